The van der Waals surface area contributed by atoms with Gasteiger partial charge >= 0.3 is 0 Å². The Morgan fingerprint density at radius 2 is 1.52 bits per heavy atom. The fourth-order valence-electron chi connectivity index (χ4n) is 3.84. The molecule has 0 radical (unpaired) electrons. The molecule has 0 N–H and O–H groups in total. The number of hydrogen-bond acceptors (Lipinski definition) is 2. The molecule has 27 heavy (non-hydrogen) atoms. The Bertz CT molecular complexity index is 814. The van der Waals surface area contributed by atoms with Crippen LogP contribution < -0.4 is 0 Å². The third-order valence-electron chi connectivity index (χ3n) is 5.55. The van der Waals surface area contributed by atoms with Crippen LogP contribution in [-0.2, 0) is 16.0 Å². The normalized spacial score (nSPS) is 21.8. The summed E-state index contributed by atoms with van der Waals surface area (Å²) in [5.41, 5.74) is 2.22. The third kappa shape index (κ3) is 4.16. The third-order valence-corrected chi connectivity index (χ3v) is 5.80. The fourth-order valence-corrected chi connectivity index (χ4v) is 3.96. The van der Waals surface area contributed by atoms with E-state index in [1.807, 2.05) is 40.1 Å². The number of amides is 2. The Morgan fingerprint density at radius 3 is 2.19 bits per heavy atom. The van der Waals surface area contributed by atoms with E-state index in [0.717, 1.165) is 12.0 Å². The lowest BCUT2D eigenvalue weighted by molar-refractivity contribution is -0.140. The Balaban J connectivity index is 1.27. The van der Waals surface area contributed by atoms with Crippen molar-refractivity contribution >= 4 is 23.4 Å². The predicted octanol–water partition coefficient (Wildman–Crippen LogP) is 3.36. The van der Waals surface area contributed by atoms with Crippen molar-refractivity contribution in [1.29, 1.82) is 0 Å². The second-order valence-electron chi connectivity index (χ2n) is 7.37. The van der Waals surface area contributed by atoms with Gasteiger partial charge in [0.25, 0.3) is 0 Å². The van der Waals surface area contributed by atoms with Gasteiger partial charge in [-0.2, -0.15) is 0 Å². The molecule has 2 aromatic rings. The van der Waals surface area contributed by atoms with Crippen LogP contribution >= 0.6 is 11.6 Å². The van der Waals surface area contributed by atoms with Crippen LogP contribution in [0.1, 0.15) is 23.5 Å². The maximum Gasteiger partial charge on any atom is 0.227 e. The molecule has 2 unspecified atom stereocenters. The first-order valence-corrected chi connectivity index (χ1v) is 9.85. The summed E-state index contributed by atoms with van der Waals surface area (Å²) in [6.07, 6.45) is 1.32. The zero-order chi connectivity index (χ0) is 18.8. The molecule has 2 atom stereocenters. The van der Waals surface area contributed by atoms with Gasteiger partial charge in [-0.05, 0) is 35.6 Å². The van der Waals surface area contributed by atoms with Crippen LogP contribution in [0.15, 0.2) is 54.6 Å². The maximum atomic E-state index is 12.8. The summed E-state index contributed by atoms with van der Waals surface area (Å²) in [7, 11) is 0. The highest BCUT2D eigenvalue weighted by molar-refractivity contribution is 6.30. The number of benzene rings is 2. The Hall–Kier alpha value is -2.33. The van der Waals surface area contributed by atoms with Crippen molar-refractivity contribution in [2.24, 2.45) is 5.92 Å². The van der Waals surface area contributed by atoms with Gasteiger partial charge in [0.15, 0.2) is 0 Å². The highest BCUT2D eigenvalue weighted by Crippen LogP contribution is 2.48. The van der Waals surface area contributed by atoms with Crippen LogP contribution in [0.2, 0.25) is 5.02 Å². The van der Waals surface area contributed by atoms with E-state index >= 15 is 0 Å². The molecule has 1 heterocycles. The summed E-state index contributed by atoms with van der Waals surface area (Å²) in [5.74, 6) is 0.832. The molecule has 5 heteroatoms. The summed E-state index contributed by atoms with van der Waals surface area (Å²) in [5, 5.41) is 0.673. The molecule has 1 saturated heterocycles. The summed E-state index contributed by atoms with van der Waals surface area (Å²) in [6, 6.07) is 17.6. The first kappa shape index (κ1) is 18.1. The van der Waals surface area contributed by atoms with E-state index in [2.05, 4.69) is 12.1 Å². The minimum absolute atomic E-state index is 0.109. The van der Waals surface area contributed by atoms with E-state index in [9.17, 15) is 9.59 Å². The maximum absolute atomic E-state index is 12.8. The number of halogens is 1. The van der Waals surface area contributed by atoms with Crippen molar-refractivity contribution in [2.75, 3.05) is 26.2 Å². The molecule has 2 aliphatic rings. The van der Waals surface area contributed by atoms with Gasteiger partial charge in [0.05, 0.1) is 6.42 Å². The molecule has 140 valence electrons. The lowest BCUT2D eigenvalue weighted by Gasteiger charge is -2.35. The second-order valence-corrected chi connectivity index (χ2v) is 7.81. The first-order chi connectivity index (χ1) is 13.1. The van der Waals surface area contributed by atoms with Gasteiger partial charge in [-0.25, -0.2) is 0 Å². The van der Waals surface area contributed by atoms with Crippen LogP contribution in [0.4, 0.5) is 0 Å². The topological polar surface area (TPSA) is 40.6 Å². The highest BCUT2D eigenvalue weighted by Gasteiger charge is 2.46. The van der Waals surface area contributed by atoms with Crippen molar-refractivity contribution in [3.63, 3.8) is 0 Å². The van der Waals surface area contributed by atoms with Crippen LogP contribution in [0.3, 0.4) is 0 Å². The van der Waals surface area contributed by atoms with Gasteiger partial charge in [0, 0.05) is 37.1 Å². The minimum Gasteiger partial charge on any atom is -0.339 e. The molecule has 2 fully saturated rings. The molecule has 1 aliphatic carbocycles. The minimum atomic E-state index is 0.109. The van der Waals surface area contributed by atoms with E-state index in [1.165, 1.54) is 5.56 Å². The van der Waals surface area contributed by atoms with Gasteiger partial charge in [-0.1, -0.05) is 54.1 Å². The van der Waals surface area contributed by atoms with Gasteiger partial charge in [0.1, 0.15) is 0 Å². The van der Waals surface area contributed by atoms with E-state index in [0.29, 0.717) is 43.5 Å². The van der Waals surface area contributed by atoms with E-state index in [4.69, 9.17) is 11.6 Å². The molecule has 0 spiro atoms. The molecule has 2 aromatic carbocycles. The molecule has 4 nitrogen and oxygen atoms in total. The standard InChI is InChI=1S/C22H23ClN2O2/c23-18-8-6-16(7-9-18)14-21(26)24-10-12-25(13-11-24)22(27)20-15-19(20)17-4-2-1-3-5-17/h1-9,19-20H,10-15H2. The van der Waals surface area contributed by atoms with Gasteiger partial charge in [0.2, 0.25) is 11.8 Å². The average molecular weight is 383 g/mol. The van der Waals surface area contributed by atoms with Crippen molar-refractivity contribution < 1.29 is 9.59 Å². The zero-order valence-corrected chi connectivity index (χ0v) is 15.9. The highest BCUT2D eigenvalue weighted by atomic mass is 35.5. The van der Waals surface area contributed by atoms with Crippen LogP contribution in [0.25, 0.3) is 0 Å². The Labute approximate surface area is 164 Å². The lowest BCUT2D eigenvalue weighted by Crippen LogP contribution is -2.51. The number of hydrogen-bond donors (Lipinski definition) is 0. The molecule has 0 bridgehead atoms. The van der Waals surface area contributed by atoms with Gasteiger partial charge in [-0.15, -0.1) is 0 Å². The molecule has 0 aromatic heterocycles. The fraction of sp³-hybridized carbons (Fsp3) is 0.364. The summed E-state index contributed by atoms with van der Waals surface area (Å²) >= 11 is 5.89. The van der Waals surface area contributed by atoms with Crippen molar-refractivity contribution in [3.05, 3.63) is 70.7 Å². The van der Waals surface area contributed by atoms with E-state index < -0.39 is 0 Å². The Kier molecular flexibility index (Phi) is 5.17. The number of carbonyl (C=O) groups is 2. The van der Waals surface area contributed by atoms with Crippen molar-refractivity contribution in [3.8, 4) is 0 Å². The average Bonchev–Trinajstić information content (AvgIpc) is 3.51. The second kappa shape index (κ2) is 7.73. The lowest BCUT2D eigenvalue weighted by atomic mass is 10.1. The molecule has 1 saturated carbocycles. The van der Waals surface area contributed by atoms with E-state index in [1.54, 1.807) is 12.1 Å². The van der Waals surface area contributed by atoms with Crippen LogP contribution in [0.5, 0.6) is 0 Å². The SMILES string of the molecule is O=C(Cc1ccc(Cl)cc1)N1CCN(C(=O)C2CC2c2ccccc2)CC1. The van der Waals surface area contributed by atoms with Gasteiger partial charge in [-0.3, -0.25) is 9.59 Å². The number of rotatable bonds is 4. The van der Waals surface area contributed by atoms with Gasteiger partial charge < -0.3 is 9.80 Å². The monoisotopic (exact) mass is 382 g/mol. The number of nitrogens with zero attached hydrogens (tertiary/aromatic N) is 2. The largest absolute Gasteiger partial charge is 0.339 e. The smallest absolute Gasteiger partial charge is 0.227 e. The molecule has 4 rings (SSSR count). The molecule has 2 amide bonds. The molecular formula is C22H23ClN2O2. The number of piperazine rings is 1. The van der Waals surface area contributed by atoms with Crippen LogP contribution in [0, 0.1) is 5.92 Å². The first-order valence-electron chi connectivity index (χ1n) is 9.48. The van der Waals surface area contributed by atoms with E-state index in [-0.39, 0.29) is 17.7 Å². The molecular weight excluding hydrogens is 360 g/mol. The summed E-state index contributed by atoms with van der Waals surface area (Å²) in [6.45, 7) is 2.48. The summed E-state index contributed by atoms with van der Waals surface area (Å²) in [4.78, 5) is 29.0. The quantitative estimate of drug-likeness (QED) is 0.813. The van der Waals surface area contributed by atoms with Crippen LogP contribution in [-0.4, -0.2) is 47.8 Å². The predicted molar refractivity (Wildman–Crippen MR) is 106 cm³/mol. The number of carbonyl (C=O) groups excluding carboxylic acids is 2. The van der Waals surface area contributed by atoms with Crippen molar-refractivity contribution in [2.45, 2.75) is 18.8 Å². The summed E-state index contributed by atoms with van der Waals surface area (Å²) < 4.78 is 0. The Morgan fingerprint density at radius 1 is 0.889 bits per heavy atom. The van der Waals surface area contributed by atoms with Crippen molar-refractivity contribution in [1.82, 2.24) is 9.80 Å². The zero-order valence-electron chi connectivity index (χ0n) is 15.2. The molecule has 1 aliphatic heterocycles.